The molecule has 0 radical (unpaired) electrons. The fourth-order valence-corrected chi connectivity index (χ4v) is 3.12. The summed E-state index contributed by atoms with van der Waals surface area (Å²) in [6, 6.07) is 14.9. The highest BCUT2D eigenvalue weighted by atomic mass is 16.5. The van der Waals surface area contributed by atoms with E-state index in [4.69, 9.17) is 4.74 Å². The standard InChI is InChI=1S/C24H32N2O3/c1-5-6-15-25-24(28)19(3)26(17-20-11-13-22(29-4)14-12-20)23(27)16-21-10-8-7-9-18(21)2/h7-14,19H,5-6,15-17H2,1-4H3,(H,25,28)/t19-/m0/s1. The molecule has 2 aromatic carbocycles. The van der Waals surface area contributed by atoms with Crippen LogP contribution in [0.2, 0.25) is 0 Å². The van der Waals surface area contributed by atoms with Crippen molar-refractivity contribution in [1.29, 1.82) is 0 Å². The number of unbranched alkanes of at least 4 members (excludes halogenated alkanes) is 1. The van der Waals surface area contributed by atoms with Crippen LogP contribution < -0.4 is 10.1 Å². The van der Waals surface area contributed by atoms with Gasteiger partial charge >= 0.3 is 0 Å². The predicted molar refractivity (Wildman–Crippen MR) is 116 cm³/mol. The number of rotatable bonds is 10. The normalized spacial score (nSPS) is 11.6. The summed E-state index contributed by atoms with van der Waals surface area (Å²) in [6.45, 7) is 6.87. The second-order valence-electron chi connectivity index (χ2n) is 7.29. The van der Waals surface area contributed by atoms with Crippen molar-refractivity contribution in [3.8, 4) is 5.75 Å². The SMILES string of the molecule is CCCCNC(=O)[C@H](C)N(Cc1ccc(OC)cc1)C(=O)Cc1ccccc1C. The number of carbonyl (C=O) groups is 2. The Morgan fingerprint density at radius 2 is 1.79 bits per heavy atom. The number of carbonyl (C=O) groups excluding carboxylic acids is 2. The topological polar surface area (TPSA) is 58.6 Å². The quantitative estimate of drug-likeness (QED) is 0.620. The van der Waals surface area contributed by atoms with Gasteiger partial charge in [0.05, 0.1) is 13.5 Å². The van der Waals surface area contributed by atoms with Crippen LogP contribution >= 0.6 is 0 Å². The van der Waals surface area contributed by atoms with Crippen molar-refractivity contribution in [3.05, 3.63) is 65.2 Å². The highest BCUT2D eigenvalue weighted by Gasteiger charge is 2.26. The molecule has 0 aromatic heterocycles. The van der Waals surface area contributed by atoms with Crippen molar-refractivity contribution < 1.29 is 14.3 Å². The molecule has 0 heterocycles. The second kappa shape index (κ2) is 11.2. The molecular formula is C24H32N2O3. The Bertz CT molecular complexity index is 802. The van der Waals surface area contributed by atoms with Crippen molar-refractivity contribution in [2.45, 2.75) is 52.6 Å². The van der Waals surface area contributed by atoms with Gasteiger partial charge in [0, 0.05) is 13.1 Å². The molecule has 0 bridgehead atoms. The number of ether oxygens (including phenoxy) is 1. The highest BCUT2D eigenvalue weighted by Crippen LogP contribution is 2.17. The van der Waals surface area contributed by atoms with E-state index in [2.05, 4.69) is 12.2 Å². The molecule has 0 aliphatic heterocycles. The summed E-state index contributed by atoms with van der Waals surface area (Å²) in [7, 11) is 1.62. The summed E-state index contributed by atoms with van der Waals surface area (Å²) in [5.74, 6) is 0.579. The number of aryl methyl sites for hydroxylation is 1. The average Bonchev–Trinajstić information content (AvgIpc) is 2.73. The van der Waals surface area contributed by atoms with Crippen LogP contribution in [-0.2, 0) is 22.6 Å². The Kier molecular flexibility index (Phi) is 8.71. The largest absolute Gasteiger partial charge is 0.497 e. The molecule has 0 saturated heterocycles. The molecule has 5 nitrogen and oxygen atoms in total. The Labute approximate surface area is 174 Å². The monoisotopic (exact) mass is 396 g/mol. The molecule has 1 atom stereocenters. The molecule has 0 aliphatic carbocycles. The zero-order valence-electron chi connectivity index (χ0n) is 17.9. The van der Waals surface area contributed by atoms with Crippen LogP contribution in [0.15, 0.2) is 48.5 Å². The summed E-state index contributed by atoms with van der Waals surface area (Å²) < 4.78 is 5.21. The summed E-state index contributed by atoms with van der Waals surface area (Å²) in [5, 5.41) is 2.95. The first-order valence-electron chi connectivity index (χ1n) is 10.2. The van der Waals surface area contributed by atoms with Crippen LogP contribution in [0.25, 0.3) is 0 Å². The molecule has 0 unspecified atom stereocenters. The van der Waals surface area contributed by atoms with Gasteiger partial charge in [0.2, 0.25) is 11.8 Å². The molecule has 29 heavy (non-hydrogen) atoms. The maximum absolute atomic E-state index is 13.2. The minimum absolute atomic E-state index is 0.0618. The van der Waals surface area contributed by atoms with Gasteiger partial charge in [0.1, 0.15) is 11.8 Å². The molecule has 2 rings (SSSR count). The maximum atomic E-state index is 13.2. The van der Waals surface area contributed by atoms with Gasteiger partial charge in [0.15, 0.2) is 0 Å². The zero-order valence-corrected chi connectivity index (χ0v) is 17.9. The Morgan fingerprint density at radius 1 is 1.10 bits per heavy atom. The summed E-state index contributed by atoms with van der Waals surface area (Å²) in [6.07, 6.45) is 2.21. The lowest BCUT2D eigenvalue weighted by molar-refractivity contribution is -0.140. The van der Waals surface area contributed by atoms with Gasteiger partial charge in [-0.05, 0) is 49.1 Å². The predicted octanol–water partition coefficient (Wildman–Crippen LogP) is 3.88. The summed E-state index contributed by atoms with van der Waals surface area (Å²) >= 11 is 0. The summed E-state index contributed by atoms with van der Waals surface area (Å²) in [5.41, 5.74) is 3.01. The third kappa shape index (κ3) is 6.63. The Balaban J connectivity index is 2.19. The Hall–Kier alpha value is -2.82. The number of benzene rings is 2. The van der Waals surface area contributed by atoms with Crippen molar-refractivity contribution in [1.82, 2.24) is 10.2 Å². The van der Waals surface area contributed by atoms with E-state index in [0.717, 1.165) is 35.3 Å². The van der Waals surface area contributed by atoms with Gasteiger partial charge < -0.3 is 15.0 Å². The molecular weight excluding hydrogens is 364 g/mol. The highest BCUT2D eigenvalue weighted by molar-refractivity contribution is 5.88. The number of hydrogen-bond donors (Lipinski definition) is 1. The van der Waals surface area contributed by atoms with Gasteiger partial charge in [-0.15, -0.1) is 0 Å². The second-order valence-corrected chi connectivity index (χ2v) is 7.29. The first-order chi connectivity index (χ1) is 14.0. The third-order valence-corrected chi connectivity index (χ3v) is 5.11. The van der Waals surface area contributed by atoms with Crippen LogP contribution in [0.1, 0.15) is 43.4 Å². The maximum Gasteiger partial charge on any atom is 0.242 e. The fraction of sp³-hybridized carbons (Fsp3) is 0.417. The van der Waals surface area contributed by atoms with E-state index in [1.807, 2.05) is 55.5 Å². The molecule has 2 aromatic rings. The van der Waals surface area contributed by atoms with Gasteiger partial charge in [-0.25, -0.2) is 0 Å². The van der Waals surface area contributed by atoms with Crippen molar-refractivity contribution in [3.63, 3.8) is 0 Å². The molecule has 156 valence electrons. The van der Waals surface area contributed by atoms with Gasteiger partial charge in [-0.3, -0.25) is 9.59 Å². The molecule has 1 N–H and O–H groups in total. The first-order valence-corrected chi connectivity index (χ1v) is 10.2. The van der Waals surface area contributed by atoms with E-state index in [9.17, 15) is 9.59 Å². The van der Waals surface area contributed by atoms with E-state index in [1.54, 1.807) is 18.9 Å². The van der Waals surface area contributed by atoms with Gasteiger partial charge in [0.25, 0.3) is 0 Å². The van der Waals surface area contributed by atoms with Crippen LogP contribution in [0.3, 0.4) is 0 Å². The number of methoxy groups -OCH3 is 1. The Morgan fingerprint density at radius 3 is 2.41 bits per heavy atom. The van der Waals surface area contributed by atoms with Gasteiger partial charge in [-0.2, -0.15) is 0 Å². The molecule has 0 spiro atoms. The smallest absolute Gasteiger partial charge is 0.242 e. The van der Waals surface area contributed by atoms with Crippen LogP contribution in [-0.4, -0.2) is 36.4 Å². The molecule has 0 fully saturated rings. The lowest BCUT2D eigenvalue weighted by atomic mass is 10.0. The number of hydrogen-bond acceptors (Lipinski definition) is 3. The summed E-state index contributed by atoms with van der Waals surface area (Å²) in [4.78, 5) is 27.5. The van der Waals surface area contributed by atoms with Crippen LogP contribution in [0, 0.1) is 6.92 Å². The lowest BCUT2D eigenvalue weighted by Crippen LogP contribution is -2.48. The molecule has 2 amide bonds. The molecule has 0 aliphatic rings. The van der Waals surface area contributed by atoms with Crippen molar-refractivity contribution >= 4 is 11.8 Å². The van der Waals surface area contributed by atoms with E-state index in [-0.39, 0.29) is 18.2 Å². The molecule has 5 heteroatoms. The van der Waals surface area contributed by atoms with E-state index in [0.29, 0.717) is 13.1 Å². The minimum Gasteiger partial charge on any atom is -0.497 e. The van der Waals surface area contributed by atoms with Crippen molar-refractivity contribution in [2.75, 3.05) is 13.7 Å². The zero-order chi connectivity index (χ0) is 21.2. The van der Waals surface area contributed by atoms with Crippen molar-refractivity contribution in [2.24, 2.45) is 0 Å². The lowest BCUT2D eigenvalue weighted by Gasteiger charge is -2.29. The number of nitrogens with one attached hydrogen (secondary N) is 1. The van der Waals surface area contributed by atoms with Crippen LogP contribution in [0.5, 0.6) is 5.75 Å². The van der Waals surface area contributed by atoms with Crippen LogP contribution in [0.4, 0.5) is 0 Å². The number of amides is 2. The first kappa shape index (κ1) is 22.5. The third-order valence-electron chi connectivity index (χ3n) is 5.11. The van der Waals surface area contributed by atoms with E-state index < -0.39 is 6.04 Å². The number of nitrogens with zero attached hydrogens (tertiary/aromatic N) is 1. The fourth-order valence-electron chi connectivity index (χ4n) is 3.12. The molecule has 0 saturated carbocycles. The van der Waals surface area contributed by atoms with E-state index >= 15 is 0 Å². The van der Waals surface area contributed by atoms with E-state index in [1.165, 1.54) is 0 Å². The van der Waals surface area contributed by atoms with Gasteiger partial charge in [-0.1, -0.05) is 49.7 Å². The average molecular weight is 397 g/mol. The minimum atomic E-state index is -0.550.